The van der Waals surface area contributed by atoms with Crippen LogP contribution in [0.4, 0.5) is 0 Å². The van der Waals surface area contributed by atoms with Crippen molar-refractivity contribution >= 4 is 11.9 Å². The number of rotatable bonds is 6. The first-order valence-corrected chi connectivity index (χ1v) is 5.95. The summed E-state index contributed by atoms with van der Waals surface area (Å²) in [5, 5.41) is 8.61. The van der Waals surface area contributed by atoms with Crippen LogP contribution in [0.15, 0.2) is 24.5 Å². The Bertz CT molecular complexity index is 404. The van der Waals surface area contributed by atoms with Crippen LogP contribution in [-0.4, -0.2) is 39.5 Å². The zero-order valence-corrected chi connectivity index (χ0v) is 10.7. The minimum absolute atomic E-state index is 0.0338. The van der Waals surface area contributed by atoms with Gasteiger partial charge in [0.05, 0.1) is 5.56 Å². The summed E-state index contributed by atoms with van der Waals surface area (Å²) in [5.41, 5.74) is 0.529. The van der Waals surface area contributed by atoms with Gasteiger partial charge in [0.2, 0.25) is 0 Å². The van der Waals surface area contributed by atoms with Gasteiger partial charge in [0.1, 0.15) is 0 Å². The molecule has 18 heavy (non-hydrogen) atoms. The van der Waals surface area contributed by atoms with Gasteiger partial charge in [0.15, 0.2) is 0 Å². The van der Waals surface area contributed by atoms with E-state index in [1.807, 2.05) is 13.8 Å². The predicted molar refractivity (Wildman–Crippen MR) is 67.3 cm³/mol. The van der Waals surface area contributed by atoms with Crippen molar-refractivity contribution in [2.24, 2.45) is 0 Å². The van der Waals surface area contributed by atoms with Crippen molar-refractivity contribution in [2.45, 2.75) is 32.7 Å². The molecule has 5 heteroatoms. The van der Waals surface area contributed by atoms with Gasteiger partial charge in [-0.05, 0) is 32.4 Å². The van der Waals surface area contributed by atoms with Gasteiger partial charge in [-0.15, -0.1) is 0 Å². The number of carbonyl (C=O) groups is 2. The maximum absolute atomic E-state index is 12.2. The molecule has 1 rings (SSSR count). The molecule has 0 radical (unpaired) electrons. The molecule has 5 nitrogen and oxygen atoms in total. The lowest BCUT2D eigenvalue weighted by atomic mass is 10.2. The standard InChI is InChI=1S/C13H18N2O3/c1-10(2)15(8-4-6-12(16)17)13(18)11-5-3-7-14-9-11/h3,5,7,9-10H,4,6,8H2,1-2H3,(H,16,17). The summed E-state index contributed by atoms with van der Waals surface area (Å²) in [6.45, 7) is 4.27. The van der Waals surface area contributed by atoms with E-state index in [0.717, 1.165) is 0 Å². The summed E-state index contributed by atoms with van der Waals surface area (Å²) in [7, 11) is 0. The third-order valence-electron chi connectivity index (χ3n) is 2.58. The monoisotopic (exact) mass is 250 g/mol. The molecule has 0 atom stereocenters. The molecule has 1 aromatic rings. The highest BCUT2D eigenvalue weighted by Crippen LogP contribution is 2.09. The predicted octanol–water partition coefficient (Wildman–Crippen LogP) is 1.80. The highest BCUT2D eigenvalue weighted by molar-refractivity contribution is 5.94. The Balaban J connectivity index is 2.67. The van der Waals surface area contributed by atoms with Gasteiger partial charge >= 0.3 is 5.97 Å². The summed E-state index contributed by atoms with van der Waals surface area (Å²) >= 11 is 0. The Morgan fingerprint density at radius 3 is 2.67 bits per heavy atom. The Morgan fingerprint density at radius 1 is 1.44 bits per heavy atom. The largest absolute Gasteiger partial charge is 0.481 e. The highest BCUT2D eigenvalue weighted by Gasteiger charge is 2.18. The number of pyridine rings is 1. The van der Waals surface area contributed by atoms with Crippen LogP contribution in [0, 0.1) is 0 Å². The van der Waals surface area contributed by atoms with Crippen molar-refractivity contribution in [1.82, 2.24) is 9.88 Å². The maximum atomic E-state index is 12.2. The number of hydrogen-bond donors (Lipinski definition) is 1. The fourth-order valence-corrected chi connectivity index (χ4v) is 1.65. The van der Waals surface area contributed by atoms with Crippen LogP contribution in [0.5, 0.6) is 0 Å². The lowest BCUT2D eigenvalue weighted by Gasteiger charge is -2.26. The molecule has 0 unspecified atom stereocenters. The molecular formula is C13H18N2O3. The first-order valence-electron chi connectivity index (χ1n) is 5.95. The molecule has 0 spiro atoms. The first-order chi connectivity index (χ1) is 8.52. The second-order valence-corrected chi connectivity index (χ2v) is 4.33. The van der Waals surface area contributed by atoms with Crippen LogP contribution in [0.3, 0.4) is 0 Å². The first kappa shape index (κ1) is 14.2. The van der Waals surface area contributed by atoms with Crippen LogP contribution in [-0.2, 0) is 4.79 Å². The Labute approximate surface area is 106 Å². The third-order valence-corrected chi connectivity index (χ3v) is 2.58. The fraction of sp³-hybridized carbons (Fsp3) is 0.462. The summed E-state index contributed by atoms with van der Waals surface area (Å²) < 4.78 is 0. The van der Waals surface area contributed by atoms with Gasteiger partial charge in [0, 0.05) is 31.4 Å². The number of amides is 1. The molecule has 0 fully saturated rings. The maximum Gasteiger partial charge on any atom is 0.303 e. The molecule has 0 aliphatic rings. The Kier molecular flexibility index (Phi) is 5.30. The van der Waals surface area contributed by atoms with Crippen LogP contribution in [0.25, 0.3) is 0 Å². The zero-order valence-electron chi connectivity index (χ0n) is 10.7. The topological polar surface area (TPSA) is 70.5 Å². The number of carbonyl (C=O) groups excluding carboxylic acids is 1. The molecule has 1 heterocycles. The summed E-state index contributed by atoms with van der Waals surface area (Å²) in [6.07, 6.45) is 3.67. The van der Waals surface area contributed by atoms with E-state index in [4.69, 9.17) is 5.11 Å². The number of aromatic nitrogens is 1. The minimum atomic E-state index is -0.840. The van der Waals surface area contributed by atoms with E-state index in [1.54, 1.807) is 23.2 Å². The second kappa shape index (κ2) is 6.74. The van der Waals surface area contributed by atoms with Gasteiger partial charge in [-0.25, -0.2) is 0 Å². The molecule has 0 aromatic carbocycles. The quantitative estimate of drug-likeness (QED) is 0.835. The van der Waals surface area contributed by atoms with Crippen molar-refractivity contribution in [1.29, 1.82) is 0 Å². The number of hydrogen-bond acceptors (Lipinski definition) is 3. The van der Waals surface area contributed by atoms with E-state index in [2.05, 4.69) is 4.98 Å². The van der Waals surface area contributed by atoms with E-state index < -0.39 is 5.97 Å². The van der Waals surface area contributed by atoms with Crippen LogP contribution in [0.1, 0.15) is 37.0 Å². The van der Waals surface area contributed by atoms with Crippen LogP contribution in [0.2, 0.25) is 0 Å². The summed E-state index contributed by atoms with van der Waals surface area (Å²) in [6, 6.07) is 3.46. The van der Waals surface area contributed by atoms with E-state index in [9.17, 15) is 9.59 Å². The SMILES string of the molecule is CC(C)N(CCCC(=O)O)C(=O)c1cccnc1. The van der Waals surface area contributed by atoms with E-state index in [-0.39, 0.29) is 18.4 Å². The van der Waals surface area contributed by atoms with E-state index in [0.29, 0.717) is 18.5 Å². The van der Waals surface area contributed by atoms with Gasteiger partial charge < -0.3 is 10.0 Å². The molecule has 1 aromatic heterocycles. The smallest absolute Gasteiger partial charge is 0.303 e. The number of nitrogens with zero attached hydrogens (tertiary/aromatic N) is 2. The number of aliphatic carboxylic acids is 1. The molecule has 98 valence electrons. The van der Waals surface area contributed by atoms with Crippen molar-refractivity contribution in [3.8, 4) is 0 Å². The zero-order chi connectivity index (χ0) is 13.5. The van der Waals surface area contributed by atoms with Crippen molar-refractivity contribution < 1.29 is 14.7 Å². The van der Waals surface area contributed by atoms with E-state index >= 15 is 0 Å². The van der Waals surface area contributed by atoms with Crippen LogP contribution >= 0.6 is 0 Å². The molecular weight excluding hydrogens is 232 g/mol. The number of carboxylic acids is 1. The molecule has 0 saturated carbocycles. The average Bonchev–Trinajstić information content (AvgIpc) is 2.34. The number of carboxylic acid groups (broad SMARTS) is 1. The van der Waals surface area contributed by atoms with Gasteiger partial charge in [-0.1, -0.05) is 0 Å². The molecule has 0 aliphatic heterocycles. The summed E-state index contributed by atoms with van der Waals surface area (Å²) in [5.74, 6) is -0.948. The molecule has 1 N–H and O–H groups in total. The molecule has 1 amide bonds. The van der Waals surface area contributed by atoms with E-state index in [1.165, 1.54) is 6.20 Å². The molecule has 0 aliphatic carbocycles. The molecule has 0 saturated heterocycles. The highest BCUT2D eigenvalue weighted by atomic mass is 16.4. The van der Waals surface area contributed by atoms with Gasteiger partial charge in [-0.2, -0.15) is 0 Å². The van der Waals surface area contributed by atoms with Crippen molar-refractivity contribution in [3.63, 3.8) is 0 Å². The van der Waals surface area contributed by atoms with Gasteiger partial charge in [-0.3, -0.25) is 14.6 Å². The van der Waals surface area contributed by atoms with Crippen molar-refractivity contribution in [3.05, 3.63) is 30.1 Å². The average molecular weight is 250 g/mol. The lowest BCUT2D eigenvalue weighted by Crippen LogP contribution is -2.38. The van der Waals surface area contributed by atoms with Crippen LogP contribution < -0.4 is 0 Å². The van der Waals surface area contributed by atoms with Gasteiger partial charge in [0.25, 0.3) is 5.91 Å². The lowest BCUT2D eigenvalue weighted by molar-refractivity contribution is -0.137. The fourth-order valence-electron chi connectivity index (χ4n) is 1.65. The second-order valence-electron chi connectivity index (χ2n) is 4.33. The minimum Gasteiger partial charge on any atom is -0.481 e. The summed E-state index contributed by atoms with van der Waals surface area (Å²) in [4.78, 5) is 28.3. The third kappa shape index (κ3) is 4.16. The molecule has 0 bridgehead atoms. The Morgan fingerprint density at radius 2 is 2.17 bits per heavy atom. The Hall–Kier alpha value is -1.91. The normalized spacial score (nSPS) is 10.4. The van der Waals surface area contributed by atoms with Crippen molar-refractivity contribution in [2.75, 3.05) is 6.54 Å².